The molecule has 2 aromatic carbocycles. The maximum atomic E-state index is 6.65. The molecule has 1 aliphatic heterocycles. The molecule has 0 radical (unpaired) electrons. The first-order valence-corrected chi connectivity index (χ1v) is 9.86. The number of hydrogen-bond donors (Lipinski definition) is 1. The fourth-order valence-corrected chi connectivity index (χ4v) is 3.69. The third-order valence-corrected chi connectivity index (χ3v) is 5.31. The van der Waals surface area contributed by atoms with E-state index in [4.69, 9.17) is 19.9 Å². The minimum absolute atomic E-state index is 0.391. The lowest BCUT2D eigenvalue weighted by Crippen LogP contribution is -2.42. The van der Waals surface area contributed by atoms with E-state index in [1.165, 1.54) is 5.69 Å². The number of nitrogens with two attached hydrogens (primary N) is 1. The molecule has 6 nitrogen and oxygen atoms in total. The van der Waals surface area contributed by atoms with E-state index >= 15 is 0 Å². The van der Waals surface area contributed by atoms with Gasteiger partial charge < -0.3 is 24.7 Å². The first kappa shape index (κ1) is 19.1. The average molecular weight is 390 g/mol. The topological polar surface area (TPSA) is 67.2 Å². The molecule has 2 heterocycles. The van der Waals surface area contributed by atoms with Gasteiger partial charge in [-0.05, 0) is 68.4 Å². The smallest absolute Gasteiger partial charge is 0.227 e. The Bertz CT molecular complexity index is 988. The molecular weight excluding hydrogens is 364 g/mol. The minimum Gasteiger partial charge on any atom is -0.497 e. The van der Waals surface area contributed by atoms with Gasteiger partial charge in [-0.2, -0.15) is 4.99 Å². The Morgan fingerprint density at radius 2 is 1.72 bits per heavy atom. The molecule has 0 amide bonds. The van der Waals surface area contributed by atoms with Crippen molar-refractivity contribution in [1.82, 2.24) is 0 Å². The SMILES string of the molecule is CCN(CC)c1ccc(N2C(c3ccc(OC)cc3)=Nc3occc3C2N)cc1. The van der Waals surface area contributed by atoms with Gasteiger partial charge in [0.15, 0.2) is 0 Å². The number of nitrogens with zero attached hydrogens (tertiary/aromatic N) is 3. The summed E-state index contributed by atoms with van der Waals surface area (Å²) >= 11 is 0. The molecule has 0 saturated carbocycles. The summed E-state index contributed by atoms with van der Waals surface area (Å²) in [6.07, 6.45) is 1.24. The van der Waals surface area contributed by atoms with Crippen LogP contribution in [0, 0.1) is 0 Å². The lowest BCUT2D eigenvalue weighted by Gasteiger charge is -2.35. The van der Waals surface area contributed by atoms with Crippen LogP contribution in [0.15, 0.2) is 70.3 Å². The summed E-state index contributed by atoms with van der Waals surface area (Å²) in [6, 6.07) is 18.1. The third kappa shape index (κ3) is 3.47. The van der Waals surface area contributed by atoms with E-state index in [2.05, 4.69) is 43.0 Å². The Labute approximate surface area is 171 Å². The maximum Gasteiger partial charge on any atom is 0.227 e. The third-order valence-electron chi connectivity index (χ3n) is 5.31. The van der Waals surface area contributed by atoms with Gasteiger partial charge in [0.25, 0.3) is 0 Å². The molecule has 1 aromatic heterocycles. The Balaban J connectivity index is 1.76. The van der Waals surface area contributed by atoms with Gasteiger partial charge >= 0.3 is 0 Å². The van der Waals surface area contributed by atoms with Crippen LogP contribution in [0.5, 0.6) is 5.75 Å². The molecule has 3 aromatic rings. The van der Waals surface area contributed by atoms with Gasteiger partial charge in [-0.3, -0.25) is 0 Å². The second-order valence-corrected chi connectivity index (χ2v) is 6.85. The summed E-state index contributed by atoms with van der Waals surface area (Å²) in [4.78, 5) is 9.13. The van der Waals surface area contributed by atoms with E-state index in [0.717, 1.165) is 41.5 Å². The van der Waals surface area contributed by atoms with Gasteiger partial charge in [0.1, 0.15) is 17.8 Å². The van der Waals surface area contributed by atoms with Crippen LogP contribution in [0.1, 0.15) is 31.1 Å². The molecular formula is C23H26N4O2. The maximum absolute atomic E-state index is 6.65. The Morgan fingerprint density at radius 3 is 2.34 bits per heavy atom. The van der Waals surface area contributed by atoms with Gasteiger partial charge in [-0.25, -0.2) is 0 Å². The zero-order valence-electron chi connectivity index (χ0n) is 17.0. The molecule has 0 saturated heterocycles. The van der Waals surface area contributed by atoms with Crippen molar-refractivity contribution in [2.24, 2.45) is 10.7 Å². The van der Waals surface area contributed by atoms with E-state index in [1.807, 2.05) is 35.2 Å². The molecule has 2 N–H and O–H groups in total. The van der Waals surface area contributed by atoms with Crippen molar-refractivity contribution >= 4 is 23.1 Å². The van der Waals surface area contributed by atoms with Crippen LogP contribution in [-0.4, -0.2) is 26.0 Å². The highest BCUT2D eigenvalue weighted by Crippen LogP contribution is 2.38. The summed E-state index contributed by atoms with van der Waals surface area (Å²) in [6.45, 7) is 6.26. The summed E-state index contributed by atoms with van der Waals surface area (Å²) in [5, 5.41) is 0. The van der Waals surface area contributed by atoms with E-state index in [1.54, 1.807) is 13.4 Å². The van der Waals surface area contributed by atoms with Gasteiger partial charge in [0.05, 0.1) is 18.9 Å². The van der Waals surface area contributed by atoms with Crippen molar-refractivity contribution in [3.63, 3.8) is 0 Å². The van der Waals surface area contributed by atoms with Crippen LogP contribution in [0.25, 0.3) is 0 Å². The van der Waals surface area contributed by atoms with Gasteiger partial charge in [-0.15, -0.1) is 0 Å². The molecule has 6 heteroatoms. The second-order valence-electron chi connectivity index (χ2n) is 6.85. The first-order chi connectivity index (χ1) is 14.2. The number of anilines is 2. The Kier molecular flexibility index (Phi) is 5.27. The van der Waals surface area contributed by atoms with Crippen LogP contribution in [-0.2, 0) is 0 Å². The summed E-state index contributed by atoms with van der Waals surface area (Å²) in [5.41, 5.74) is 10.6. The molecule has 29 heavy (non-hydrogen) atoms. The van der Waals surface area contributed by atoms with Gasteiger partial charge in [0.2, 0.25) is 5.88 Å². The predicted molar refractivity (Wildman–Crippen MR) is 117 cm³/mol. The fraction of sp³-hybridized carbons (Fsp3) is 0.261. The molecule has 1 aliphatic rings. The number of aliphatic imine (C=N–C) groups is 1. The van der Waals surface area contributed by atoms with E-state index in [9.17, 15) is 0 Å². The fourth-order valence-electron chi connectivity index (χ4n) is 3.69. The molecule has 150 valence electrons. The highest BCUT2D eigenvalue weighted by atomic mass is 16.5. The highest BCUT2D eigenvalue weighted by molar-refractivity contribution is 6.12. The lowest BCUT2D eigenvalue weighted by molar-refractivity contribution is 0.415. The number of fused-ring (bicyclic) bond motifs is 1. The van der Waals surface area contributed by atoms with E-state index in [-0.39, 0.29) is 0 Å². The largest absolute Gasteiger partial charge is 0.497 e. The Morgan fingerprint density at radius 1 is 1.03 bits per heavy atom. The monoisotopic (exact) mass is 390 g/mol. The van der Waals surface area contributed by atoms with Crippen molar-refractivity contribution in [2.45, 2.75) is 20.0 Å². The van der Waals surface area contributed by atoms with Crippen LogP contribution in [0.2, 0.25) is 0 Å². The van der Waals surface area contributed by atoms with Crippen molar-refractivity contribution in [2.75, 3.05) is 30.0 Å². The normalized spacial score (nSPS) is 15.7. The highest BCUT2D eigenvalue weighted by Gasteiger charge is 2.31. The number of methoxy groups -OCH3 is 1. The lowest BCUT2D eigenvalue weighted by atomic mass is 10.1. The Hall–Kier alpha value is -3.25. The van der Waals surface area contributed by atoms with Crippen LogP contribution in [0.4, 0.5) is 17.3 Å². The molecule has 0 bridgehead atoms. The molecule has 0 aliphatic carbocycles. The number of rotatable bonds is 6. The van der Waals surface area contributed by atoms with Crippen LogP contribution < -0.4 is 20.3 Å². The van der Waals surface area contributed by atoms with Gasteiger partial charge in [-0.1, -0.05) is 0 Å². The zero-order valence-corrected chi connectivity index (χ0v) is 17.0. The standard InChI is InChI=1S/C23H26N4O2/c1-4-26(5-2)17-8-10-18(11-9-17)27-21(24)20-14-15-29-23(20)25-22(27)16-6-12-19(28-3)13-7-16/h6-15,21H,4-5,24H2,1-3H3. The number of furan rings is 1. The van der Waals surface area contributed by atoms with Crippen molar-refractivity contribution < 1.29 is 9.15 Å². The zero-order chi connectivity index (χ0) is 20.4. The second kappa shape index (κ2) is 8.01. The summed E-state index contributed by atoms with van der Waals surface area (Å²) in [7, 11) is 1.65. The minimum atomic E-state index is -0.391. The van der Waals surface area contributed by atoms with E-state index in [0.29, 0.717) is 5.88 Å². The summed E-state index contributed by atoms with van der Waals surface area (Å²) < 4.78 is 10.8. The number of ether oxygens (including phenoxy) is 1. The quantitative estimate of drug-likeness (QED) is 0.661. The van der Waals surface area contributed by atoms with Crippen molar-refractivity contribution in [3.05, 3.63) is 72.0 Å². The first-order valence-electron chi connectivity index (χ1n) is 9.86. The average Bonchev–Trinajstić information content (AvgIpc) is 3.24. The van der Waals surface area contributed by atoms with E-state index < -0.39 is 6.17 Å². The number of benzene rings is 2. The number of hydrogen-bond acceptors (Lipinski definition) is 6. The number of amidine groups is 1. The molecule has 4 rings (SSSR count). The molecule has 1 unspecified atom stereocenters. The van der Waals surface area contributed by atoms with Crippen molar-refractivity contribution in [3.8, 4) is 5.75 Å². The van der Waals surface area contributed by atoms with Crippen LogP contribution in [0.3, 0.4) is 0 Å². The molecule has 1 atom stereocenters. The molecule has 0 spiro atoms. The predicted octanol–water partition coefficient (Wildman–Crippen LogP) is 4.69. The summed E-state index contributed by atoms with van der Waals surface area (Å²) in [5.74, 6) is 2.10. The van der Waals surface area contributed by atoms with Crippen LogP contribution >= 0.6 is 0 Å². The molecule has 0 fully saturated rings. The van der Waals surface area contributed by atoms with Gasteiger partial charge in [0, 0.05) is 30.0 Å². The van der Waals surface area contributed by atoms with Crippen molar-refractivity contribution in [1.29, 1.82) is 0 Å².